The normalized spacial score (nSPS) is 15.5. The number of hydrogen-bond donors (Lipinski definition) is 0. The van der Waals surface area contributed by atoms with Crippen LogP contribution in [0.5, 0.6) is 11.5 Å². The zero-order valence-corrected chi connectivity index (χ0v) is 20.0. The number of esters is 1. The molecule has 1 aliphatic heterocycles. The molecule has 4 rings (SSSR count). The Balaban J connectivity index is 2.06. The zero-order chi connectivity index (χ0) is 22.8. The van der Waals surface area contributed by atoms with Gasteiger partial charge >= 0.3 is 20.2 Å². The Hall–Kier alpha value is -2.80. The summed E-state index contributed by atoms with van der Waals surface area (Å²) in [6.07, 6.45) is -0.109. The summed E-state index contributed by atoms with van der Waals surface area (Å²) < 4.78 is 23.8. The first-order chi connectivity index (χ1) is 14.4. The topological polar surface area (TPSA) is 75.0 Å². The third-order valence-electron chi connectivity index (χ3n) is 5.88. The Morgan fingerprint density at radius 2 is 1.65 bits per heavy atom. The molecule has 164 valence electrons. The molecule has 1 aromatic heterocycles. The van der Waals surface area contributed by atoms with E-state index in [4.69, 9.17) is 18.0 Å². The van der Waals surface area contributed by atoms with Crippen LogP contribution in [0, 0.1) is 0 Å². The Bertz CT molecular complexity index is 1250. The van der Waals surface area contributed by atoms with E-state index in [-0.39, 0.29) is 22.3 Å². The maximum absolute atomic E-state index is 13.1. The van der Waals surface area contributed by atoms with Gasteiger partial charge in [0, 0.05) is 10.1 Å². The van der Waals surface area contributed by atoms with Gasteiger partial charge in [-0.2, -0.15) is 0 Å². The maximum Gasteiger partial charge on any atom is 0.471 e. The van der Waals surface area contributed by atoms with Crippen molar-refractivity contribution in [2.45, 2.75) is 58.0 Å². The predicted molar refractivity (Wildman–Crippen MR) is 122 cm³/mol. The molecule has 0 saturated heterocycles. The van der Waals surface area contributed by atoms with Gasteiger partial charge in [-0.3, -0.25) is 4.79 Å². The van der Waals surface area contributed by atoms with Crippen molar-refractivity contribution in [3.63, 3.8) is 0 Å². The van der Waals surface area contributed by atoms with E-state index >= 15 is 0 Å². The molecule has 0 amide bonds. The van der Waals surface area contributed by atoms with Gasteiger partial charge in [0.2, 0.25) is 0 Å². The Morgan fingerprint density at radius 1 is 0.968 bits per heavy atom. The lowest BCUT2D eigenvalue weighted by Crippen LogP contribution is -2.63. The van der Waals surface area contributed by atoms with E-state index in [0.717, 1.165) is 16.5 Å². The van der Waals surface area contributed by atoms with E-state index in [9.17, 15) is 9.59 Å². The van der Waals surface area contributed by atoms with Crippen molar-refractivity contribution in [2.75, 3.05) is 7.11 Å². The fraction of sp³-hybridized carbons (Fsp3) is 0.417. The van der Waals surface area contributed by atoms with Crippen LogP contribution in [0.1, 0.15) is 47.3 Å². The van der Waals surface area contributed by atoms with Crippen molar-refractivity contribution >= 4 is 36.1 Å². The number of fused-ring (bicyclic) bond motifs is 2. The molecule has 2 aromatic carbocycles. The Morgan fingerprint density at radius 3 is 2.26 bits per heavy atom. The molecule has 1 aliphatic rings. The van der Waals surface area contributed by atoms with Gasteiger partial charge in [0.1, 0.15) is 29.1 Å². The molecule has 0 atom stereocenters. The molecule has 7 heteroatoms. The molecule has 0 spiro atoms. The second kappa shape index (κ2) is 6.85. The quantitative estimate of drug-likeness (QED) is 0.299. The first-order valence-electron chi connectivity index (χ1n) is 10.4. The molecule has 0 unspecified atom stereocenters. The summed E-state index contributed by atoms with van der Waals surface area (Å²) in [5, 5.41) is 2.17. The standard InChI is InChI=1S/C24H28O6Si/c1-23(2,3)31(24(4,5)6)29-17-10-8-9-14-11-15-12-16(13-18(25)27-7)28-22(26)20(15)21(30-31)19(14)17/h8-12H,13H2,1-7H3. The highest BCUT2D eigenvalue weighted by molar-refractivity contribution is 6.75. The summed E-state index contributed by atoms with van der Waals surface area (Å²) >= 11 is 0. The summed E-state index contributed by atoms with van der Waals surface area (Å²) in [4.78, 5) is 24.8. The summed E-state index contributed by atoms with van der Waals surface area (Å²) in [6.45, 7) is 12.7. The van der Waals surface area contributed by atoms with Crippen LogP contribution in [-0.4, -0.2) is 21.6 Å². The SMILES string of the molecule is COC(=O)Cc1cc2cc3cccc4c3c(c2c(=O)o1)O[Si](C(C)(C)C)(C(C)(C)C)O4. The van der Waals surface area contributed by atoms with Crippen LogP contribution in [0.2, 0.25) is 10.1 Å². The van der Waals surface area contributed by atoms with Crippen LogP contribution in [0.25, 0.3) is 21.5 Å². The number of benzene rings is 2. The van der Waals surface area contributed by atoms with Crippen molar-refractivity contribution in [2.24, 2.45) is 0 Å². The van der Waals surface area contributed by atoms with Gasteiger partial charge in [-0.05, 0) is 29.0 Å². The van der Waals surface area contributed by atoms with Crippen molar-refractivity contribution in [3.8, 4) is 11.5 Å². The number of ether oxygens (including phenoxy) is 1. The number of rotatable bonds is 2. The molecule has 31 heavy (non-hydrogen) atoms. The van der Waals surface area contributed by atoms with Crippen LogP contribution in [0.4, 0.5) is 0 Å². The van der Waals surface area contributed by atoms with Gasteiger partial charge in [-0.15, -0.1) is 0 Å². The van der Waals surface area contributed by atoms with Crippen molar-refractivity contribution in [1.82, 2.24) is 0 Å². The van der Waals surface area contributed by atoms with Gasteiger partial charge in [0.15, 0.2) is 0 Å². The minimum absolute atomic E-state index is 0.109. The lowest BCUT2D eigenvalue weighted by Gasteiger charge is -2.50. The molecule has 0 radical (unpaired) electrons. The van der Waals surface area contributed by atoms with Crippen molar-refractivity contribution in [3.05, 3.63) is 46.5 Å². The van der Waals surface area contributed by atoms with Crippen LogP contribution in [-0.2, 0) is 16.0 Å². The molecule has 0 aliphatic carbocycles. The number of carbonyl (C=O) groups excluding carboxylic acids is 1. The first-order valence-corrected chi connectivity index (χ1v) is 12.2. The molecular formula is C24H28O6Si. The fourth-order valence-corrected chi connectivity index (χ4v) is 9.14. The van der Waals surface area contributed by atoms with Crippen molar-refractivity contribution < 1.29 is 22.8 Å². The smallest absolute Gasteiger partial charge is 0.471 e. The molecule has 0 fully saturated rings. The molecule has 6 nitrogen and oxygen atoms in total. The first kappa shape index (κ1) is 21.4. The highest BCUT2D eigenvalue weighted by Crippen LogP contribution is 2.57. The van der Waals surface area contributed by atoms with Crippen LogP contribution in [0.15, 0.2) is 39.5 Å². The van der Waals surface area contributed by atoms with Crippen LogP contribution in [0.3, 0.4) is 0 Å². The monoisotopic (exact) mass is 440 g/mol. The maximum atomic E-state index is 13.1. The minimum atomic E-state index is -2.95. The molecule has 0 saturated carbocycles. The van der Waals surface area contributed by atoms with Gasteiger partial charge < -0.3 is 18.0 Å². The Labute approximate surface area is 182 Å². The highest BCUT2D eigenvalue weighted by atomic mass is 28.4. The van der Waals surface area contributed by atoms with Crippen molar-refractivity contribution in [1.29, 1.82) is 0 Å². The summed E-state index contributed by atoms with van der Waals surface area (Å²) in [6, 6.07) is 9.47. The van der Waals surface area contributed by atoms with Gasteiger partial charge in [-0.25, -0.2) is 4.79 Å². The van der Waals surface area contributed by atoms with E-state index in [1.807, 2.05) is 24.3 Å². The van der Waals surface area contributed by atoms with E-state index in [0.29, 0.717) is 16.5 Å². The predicted octanol–water partition coefficient (Wildman–Crippen LogP) is 5.48. The average Bonchev–Trinajstić information content (AvgIpc) is 2.65. The molecule has 2 heterocycles. The largest absolute Gasteiger partial charge is 0.511 e. The van der Waals surface area contributed by atoms with Gasteiger partial charge in [0.05, 0.1) is 12.5 Å². The number of carbonyl (C=O) groups is 1. The third kappa shape index (κ3) is 3.22. The average molecular weight is 441 g/mol. The fourth-order valence-electron chi connectivity index (χ4n) is 4.65. The minimum Gasteiger partial charge on any atom is -0.511 e. The summed E-state index contributed by atoms with van der Waals surface area (Å²) in [5.41, 5.74) is -0.532. The molecular weight excluding hydrogens is 412 g/mol. The second-order valence-corrected chi connectivity index (χ2v) is 14.7. The zero-order valence-electron chi connectivity index (χ0n) is 19.0. The number of hydrogen-bond acceptors (Lipinski definition) is 6. The van der Waals surface area contributed by atoms with Gasteiger partial charge in [0.25, 0.3) is 0 Å². The second-order valence-electron chi connectivity index (χ2n) is 10.1. The summed E-state index contributed by atoms with van der Waals surface area (Å²) in [7, 11) is -1.65. The van der Waals surface area contributed by atoms with E-state index in [1.165, 1.54) is 7.11 Å². The van der Waals surface area contributed by atoms with Gasteiger partial charge in [-0.1, -0.05) is 53.7 Å². The lowest BCUT2D eigenvalue weighted by molar-refractivity contribution is -0.140. The van der Waals surface area contributed by atoms with E-state index < -0.39 is 20.2 Å². The third-order valence-corrected chi connectivity index (χ3v) is 10.8. The lowest BCUT2D eigenvalue weighted by atomic mass is 10.0. The van der Waals surface area contributed by atoms with E-state index in [1.54, 1.807) is 6.07 Å². The highest BCUT2D eigenvalue weighted by Gasteiger charge is 2.64. The van der Waals surface area contributed by atoms with E-state index in [2.05, 4.69) is 41.5 Å². The Kier molecular flexibility index (Phi) is 4.74. The van der Waals surface area contributed by atoms with Crippen LogP contribution >= 0.6 is 0 Å². The van der Waals surface area contributed by atoms with Crippen LogP contribution < -0.4 is 14.5 Å². The summed E-state index contributed by atoms with van der Waals surface area (Å²) in [5.74, 6) is 1.04. The number of methoxy groups -OCH3 is 1. The molecule has 0 N–H and O–H groups in total. The molecule has 3 aromatic rings. The molecule has 0 bridgehead atoms.